The highest BCUT2D eigenvalue weighted by Crippen LogP contribution is 2.22. The highest BCUT2D eigenvalue weighted by Gasteiger charge is 2.28. The molecule has 0 bridgehead atoms. The van der Waals surface area contributed by atoms with Gasteiger partial charge in [0.15, 0.2) is 0 Å². The lowest BCUT2D eigenvalue weighted by atomic mass is 10.2. The highest BCUT2D eigenvalue weighted by atomic mass is 32.2. The predicted octanol–water partition coefficient (Wildman–Crippen LogP) is 2.45. The topological polar surface area (TPSA) is 105 Å². The number of carbonyl (C=O) groups is 2. The van der Waals surface area contributed by atoms with Gasteiger partial charge in [0, 0.05) is 30.9 Å². The first-order chi connectivity index (χ1) is 14.3. The van der Waals surface area contributed by atoms with Gasteiger partial charge in [-0.1, -0.05) is 6.92 Å². The van der Waals surface area contributed by atoms with Crippen LogP contribution in [0.25, 0.3) is 0 Å². The maximum absolute atomic E-state index is 14.3. The molecule has 1 aliphatic rings. The molecule has 0 atom stereocenters. The second kappa shape index (κ2) is 9.33. The van der Waals surface area contributed by atoms with Crippen LogP contribution in [0.2, 0.25) is 0 Å². The van der Waals surface area contributed by atoms with Crippen LogP contribution in [0, 0.1) is 5.82 Å². The monoisotopic (exact) mass is 435 g/mol. The molecule has 10 heteroatoms. The molecule has 1 aliphatic heterocycles. The van der Waals surface area contributed by atoms with Gasteiger partial charge in [-0.05, 0) is 42.5 Å². The van der Waals surface area contributed by atoms with Gasteiger partial charge in [-0.3, -0.25) is 9.59 Å². The summed E-state index contributed by atoms with van der Waals surface area (Å²) < 4.78 is 46.2. The van der Waals surface area contributed by atoms with E-state index in [-0.39, 0.29) is 42.7 Å². The summed E-state index contributed by atoms with van der Waals surface area (Å²) in [6, 6.07) is 9.43. The summed E-state index contributed by atoms with van der Waals surface area (Å²) in [5.41, 5.74) is 0.549. The van der Waals surface area contributed by atoms with E-state index in [1.54, 1.807) is 31.2 Å². The van der Waals surface area contributed by atoms with Crippen molar-refractivity contribution in [1.29, 1.82) is 0 Å². The Morgan fingerprint density at radius 2 is 1.63 bits per heavy atom. The molecule has 2 amide bonds. The fourth-order valence-electron chi connectivity index (χ4n) is 2.86. The lowest BCUT2D eigenvalue weighted by Crippen LogP contribution is -2.40. The first-order valence-electron chi connectivity index (χ1n) is 9.40. The Kier molecular flexibility index (Phi) is 6.80. The third-order valence-electron chi connectivity index (χ3n) is 4.54. The Labute approximate surface area is 174 Å². The second-order valence-corrected chi connectivity index (χ2v) is 8.53. The van der Waals surface area contributed by atoms with Crippen molar-refractivity contribution < 1.29 is 27.1 Å². The van der Waals surface area contributed by atoms with E-state index >= 15 is 0 Å². The van der Waals surface area contributed by atoms with Crippen LogP contribution >= 0.6 is 0 Å². The van der Waals surface area contributed by atoms with Gasteiger partial charge in [-0.2, -0.15) is 4.31 Å². The van der Waals surface area contributed by atoms with Crippen LogP contribution in [0.15, 0.2) is 47.4 Å². The van der Waals surface area contributed by atoms with E-state index < -0.39 is 21.7 Å². The van der Waals surface area contributed by atoms with E-state index in [1.165, 1.54) is 4.31 Å². The largest absolute Gasteiger partial charge is 0.379 e. The molecule has 1 heterocycles. The molecule has 1 fully saturated rings. The van der Waals surface area contributed by atoms with E-state index in [4.69, 9.17) is 4.74 Å². The number of benzene rings is 2. The van der Waals surface area contributed by atoms with Gasteiger partial charge >= 0.3 is 0 Å². The summed E-state index contributed by atoms with van der Waals surface area (Å²) in [7, 11) is -3.86. The van der Waals surface area contributed by atoms with Crippen molar-refractivity contribution in [3.63, 3.8) is 0 Å². The Bertz CT molecular complexity index is 1030. The van der Waals surface area contributed by atoms with Crippen LogP contribution in [-0.4, -0.2) is 50.8 Å². The van der Waals surface area contributed by atoms with Crippen LogP contribution in [0.5, 0.6) is 0 Å². The maximum atomic E-state index is 14.3. The first kappa shape index (κ1) is 21.9. The van der Waals surface area contributed by atoms with Crippen molar-refractivity contribution in [2.45, 2.75) is 18.2 Å². The van der Waals surface area contributed by atoms with Crippen molar-refractivity contribution in [2.75, 3.05) is 36.9 Å². The number of morpholine rings is 1. The zero-order valence-corrected chi connectivity index (χ0v) is 17.2. The summed E-state index contributed by atoms with van der Waals surface area (Å²) >= 11 is 0. The van der Waals surface area contributed by atoms with E-state index in [1.807, 2.05) is 0 Å². The lowest BCUT2D eigenvalue weighted by molar-refractivity contribution is -0.115. The molecule has 8 nitrogen and oxygen atoms in total. The average Bonchev–Trinajstić information content (AvgIpc) is 2.75. The van der Waals surface area contributed by atoms with E-state index in [2.05, 4.69) is 10.6 Å². The minimum Gasteiger partial charge on any atom is -0.379 e. The molecular formula is C20H22FN3O5S. The third-order valence-corrected chi connectivity index (χ3v) is 6.43. The fourth-order valence-corrected chi connectivity index (χ4v) is 4.29. The molecule has 160 valence electrons. The van der Waals surface area contributed by atoms with Crippen LogP contribution in [0.3, 0.4) is 0 Å². The van der Waals surface area contributed by atoms with Gasteiger partial charge in [0.25, 0.3) is 5.91 Å². The molecule has 0 saturated carbocycles. The van der Waals surface area contributed by atoms with E-state index in [0.29, 0.717) is 17.8 Å². The average molecular weight is 435 g/mol. The first-order valence-corrected chi connectivity index (χ1v) is 10.8. The second-order valence-electron chi connectivity index (χ2n) is 6.59. The number of carbonyl (C=O) groups excluding carboxylic acids is 2. The van der Waals surface area contributed by atoms with Gasteiger partial charge in [-0.25, -0.2) is 12.8 Å². The Hall–Kier alpha value is -2.82. The lowest BCUT2D eigenvalue weighted by Gasteiger charge is -2.26. The minimum atomic E-state index is -3.86. The Morgan fingerprint density at radius 1 is 1.03 bits per heavy atom. The highest BCUT2D eigenvalue weighted by molar-refractivity contribution is 7.89. The van der Waals surface area contributed by atoms with E-state index in [0.717, 1.165) is 18.2 Å². The fraction of sp³-hybridized carbons (Fsp3) is 0.300. The molecule has 1 saturated heterocycles. The molecule has 0 aromatic heterocycles. The van der Waals surface area contributed by atoms with Crippen molar-refractivity contribution in [3.8, 4) is 0 Å². The quantitative estimate of drug-likeness (QED) is 0.725. The van der Waals surface area contributed by atoms with Gasteiger partial charge in [-0.15, -0.1) is 0 Å². The maximum Gasteiger partial charge on any atom is 0.258 e. The number of amides is 2. The Balaban J connectivity index is 1.77. The number of hydrogen-bond donors (Lipinski definition) is 2. The van der Waals surface area contributed by atoms with Crippen molar-refractivity contribution in [3.05, 3.63) is 53.8 Å². The molecule has 30 heavy (non-hydrogen) atoms. The number of hydrogen-bond acceptors (Lipinski definition) is 5. The molecule has 0 spiro atoms. The van der Waals surface area contributed by atoms with Crippen molar-refractivity contribution in [2.24, 2.45) is 0 Å². The molecule has 0 aliphatic carbocycles. The third kappa shape index (κ3) is 5.02. The summed E-state index contributed by atoms with van der Waals surface area (Å²) in [6.07, 6.45) is 0.335. The van der Waals surface area contributed by atoms with Crippen molar-refractivity contribution >= 4 is 33.2 Å². The van der Waals surface area contributed by atoms with Gasteiger partial charge in [0.1, 0.15) is 5.82 Å². The van der Waals surface area contributed by atoms with Crippen LogP contribution in [0.4, 0.5) is 15.8 Å². The molecule has 0 unspecified atom stereocenters. The Morgan fingerprint density at radius 3 is 2.23 bits per heavy atom. The normalized spacial score (nSPS) is 14.9. The molecular weight excluding hydrogens is 413 g/mol. The van der Waals surface area contributed by atoms with Gasteiger partial charge < -0.3 is 15.4 Å². The summed E-state index contributed by atoms with van der Waals surface area (Å²) in [6.45, 7) is 2.68. The summed E-state index contributed by atoms with van der Waals surface area (Å²) in [5.74, 6) is -1.76. The van der Waals surface area contributed by atoms with Gasteiger partial charge in [0.05, 0.1) is 23.7 Å². The molecule has 2 aromatic rings. The van der Waals surface area contributed by atoms with Crippen LogP contribution < -0.4 is 10.6 Å². The predicted molar refractivity (Wildman–Crippen MR) is 109 cm³/mol. The number of ether oxygens (including phenoxy) is 1. The number of sulfonamides is 1. The van der Waals surface area contributed by atoms with Crippen molar-refractivity contribution in [1.82, 2.24) is 4.31 Å². The van der Waals surface area contributed by atoms with E-state index in [9.17, 15) is 22.4 Å². The summed E-state index contributed by atoms with van der Waals surface area (Å²) in [5, 5.41) is 5.21. The number of nitrogens with zero attached hydrogens (tertiary/aromatic N) is 1. The number of nitrogens with one attached hydrogen (secondary N) is 2. The molecule has 0 radical (unpaired) electrons. The number of halogens is 1. The standard InChI is InChI=1S/C20H22FN3O5S/c1-2-19(25)22-14-3-5-15(6-4-14)23-20(26)17-13-16(7-8-18(17)21)30(27,28)24-9-11-29-12-10-24/h3-8,13H,2,9-12H2,1H3,(H,22,25)(H,23,26). The molecule has 2 aromatic carbocycles. The number of rotatable bonds is 6. The SMILES string of the molecule is CCC(=O)Nc1ccc(NC(=O)c2cc(S(=O)(=O)N3CCOCC3)ccc2F)cc1. The van der Waals surface area contributed by atoms with Crippen LogP contribution in [0.1, 0.15) is 23.7 Å². The minimum absolute atomic E-state index is 0.146. The smallest absolute Gasteiger partial charge is 0.258 e. The zero-order valence-electron chi connectivity index (χ0n) is 16.4. The molecule has 2 N–H and O–H groups in total. The molecule has 3 rings (SSSR count). The summed E-state index contributed by atoms with van der Waals surface area (Å²) in [4.78, 5) is 23.8. The zero-order chi connectivity index (χ0) is 21.7. The number of anilines is 2. The van der Waals surface area contributed by atoms with Crippen LogP contribution in [-0.2, 0) is 19.6 Å². The van der Waals surface area contributed by atoms with Gasteiger partial charge in [0.2, 0.25) is 15.9 Å².